The summed E-state index contributed by atoms with van der Waals surface area (Å²) in [6, 6.07) is 4.95. The zero-order valence-electron chi connectivity index (χ0n) is 9.25. The molecule has 2 aromatic rings. The predicted molar refractivity (Wildman–Crippen MR) is 70.0 cm³/mol. The molecule has 0 radical (unpaired) electrons. The van der Waals surface area contributed by atoms with Crippen LogP contribution in [-0.2, 0) is 12.8 Å². The molecule has 0 saturated heterocycles. The van der Waals surface area contributed by atoms with Gasteiger partial charge in [-0.2, -0.15) is 0 Å². The molecule has 0 aliphatic carbocycles. The number of thiophene rings is 2. The van der Waals surface area contributed by atoms with E-state index in [2.05, 4.69) is 0 Å². The van der Waals surface area contributed by atoms with Crippen molar-refractivity contribution < 1.29 is 19.8 Å². The van der Waals surface area contributed by atoms with Gasteiger partial charge >= 0.3 is 11.9 Å². The molecule has 0 unspecified atom stereocenters. The van der Waals surface area contributed by atoms with Crippen LogP contribution in [0.4, 0.5) is 0 Å². The summed E-state index contributed by atoms with van der Waals surface area (Å²) in [4.78, 5) is 23.7. The number of rotatable bonds is 5. The maximum absolute atomic E-state index is 10.9. The summed E-state index contributed by atoms with van der Waals surface area (Å²) in [6.07, 6.45) is 1.29. The highest BCUT2D eigenvalue weighted by atomic mass is 32.1. The summed E-state index contributed by atoms with van der Waals surface area (Å²) in [5.41, 5.74) is 0.343. The van der Waals surface area contributed by atoms with Crippen molar-refractivity contribution in [1.29, 1.82) is 0 Å². The van der Waals surface area contributed by atoms with Crippen LogP contribution in [0.3, 0.4) is 0 Å². The van der Waals surface area contributed by atoms with E-state index >= 15 is 0 Å². The molecule has 2 rings (SSSR count). The van der Waals surface area contributed by atoms with Gasteiger partial charge in [0.2, 0.25) is 0 Å². The number of carboxylic acid groups (broad SMARTS) is 2. The fourth-order valence-electron chi connectivity index (χ4n) is 1.59. The van der Waals surface area contributed by atoms with E-state index in [0.717, 1.165) is 9.75 Å². The van der Waals surface area contributed by atoms with Crippen LogP contribution in [0.1, 0.15) is 29.8 Å². The molecule has 0 aliphatic rings. The van der Waals surface area contributed by atoms with Crippen LogP contribution in [0, 0.1) is 0 Å². The van der Waals surface area contributed by atoms with Gasteiger partial charge in [-0.3, -0.25) is 0 Å². The number of carboxylic acids is 2. The summed E-state index contributed by atoms with van der Waals surface area (Å²) in [5, 5.41) is 19.5. The molecule has 0 bridgehead atoms. The Bertz CT molecular complexity index is 582. The average molecular weight is 282 g/mol. The van der Waals surface area contributed by atoms with Crippen LogP contribution in [-0.4, -0.2) is 22.2 Å². The number of aryl methyl sites for hydroxylation is 2. The van der Waals surface area contributed by atoms with Crippen LogP contribution in [0.15, 0.2) is 23.6 Å². The Morgan fingerprint density at radius 1 is 1.06 bits per heavy atom. The van der Waals surface area contributed by atoms with Gasteiger partial charge in [-0.05, 0) is 36.4 Å². The fourth-order valence-corrected chi connectivity index (χ4v) is 3.31. The summed E-state index contributed by atoms with van der Waals surface area (Å²) in [7, 11) is 0. The van der Waals surface area contributed by atoms with E-state index in [0.29, 0.717) is 23.3 Å². The normalized spacial score (nSPS) is 10.4. The van der Waals surface area contributed by atoms with Crippen LogP contribution in [0.25, 0.3) is 0 Å². The van der Waals surface area contributed by atoms with Gasteiger partial charge in [-0.1, -0.05) is 0 Å². The zero-order valence-corrected chi connectivity index (χ0v) is 10.9. The molecule has 18 heavy (non-hydrogen) atoms. The van der Waals surface area contributed by atoms with Crippen LogP contribution < -0.4 is 0 Å². The van der Waals surface area contributed by atoms with Gasteiger partial charge in [-0.25, -0.2) is 9.59 Å². The van der Waals surface area contributed by atoms with Gasteiger partial charge in [0.15, 0.2) is 0 Å². The van der Waals surface area contributed by atoms with Crippen molar-refractivity contribution in [2.75, 3.05) is 0 Å². The minimum absolute atomic E-state index is 0.314. The summed E-state index contributed by atoms with van der Waals surface area (Å²) >= 11 is 2.65. The quantitative estimate of drug-likeness (QED) is 0.884. The lowest BCUT2D eigenvalue weighted by molar-refractivity contribution is 0.0688. The second kappa shape index (κ2) is 5.32. The summed E-state index contributed by atoms with van der Waals surface area (Å²) < 4.78 is 0. The highest BCUT2D eigenvalue weighted by Crippen LogP contribution is 2.22. The van der Waals surface area contributed by atoms with Crippen molar-refractivity contribution >= 4 is 34.6 Å². The largest absolute Gasteiger partial charge is 0.478 e. The number of aromatic carboxylic acids is 2. The second-order valence-electron chi connectivity index (χ2n) is 3.63. The minimum Gasteiger partial charge on any atom is -0.478 e. The van der Waals surface area contributed by atoms with E-state index < -0.39 is 11.9 Å². The van der Waals surface area contributed by atoms with Crippen LogP contribution in [0.2, 0.25) is 0 Å². The summed E-state index contributed by atoms with van der Waals surface area (Å²) in [5.74, 6) is -1.84. The van der Waals surface area contributed by atoms with Crippen molar-refractivity contribution in [3.63, 3.8) is 0 Å². The molecule has 0 aromatic carbocycles. The van der Waals surface area contributed by atoms with Crippen molar-refractivity contribution in [1.82, 2.24) is 0 Å². The van der Waals surface area contributed by atoms with Gasteiger partial charge < -0.3 is 10.2 Å². The summed E-state index contributed by atoms with van der Waals surface area (Å²) in [6.45, 7) is 0. The zero-order chi connectivity index (χ0) is 13.1. The van der Waals surface area contributed by atoms with Gasteiger partial charge in [0, 0.05) is 9.75 Å². The Hall–Kier alpha value is -1.66. The highest BCUT2D eigenvalue weighted by Gasteiger charge is 2.12. The van der Waals surface area contributed by atoms with E-state index in [9.17, 15) is 9.59 Å². The molecule has 2 aromatic heterocycles. The van der Waals surface area contributed by atoms with Gasteiger partial charge in [0.05, 0.1) is 5.56 Å². The van der Waals surface area contributed by atoms with E-state index in [1.807, 2.05) is 0 Å². The molecule has 0 saturated carbocycles. The first kappa shape index (κ1) is 12.8. The SMILES string of the molecule is O=C(O)c1ccc(CCc2sccc2C(=O)O)s1. The number of hydrogen-bond acceptors (Lipinski definition) is 4. The molecule has 0 atom stereocenters. The minimum atomic E-state index is -0.923. The van der Waals surface area contributed by atoms with Crippen molar-refractivity contribution in [2.45, 2.75) is 12.8 Å². The van der Waals surface area contributed by atoms with Gasteiger partial charge in [0.1, 0.15) is 4.88 Å². The Balaban J connectivity index is 2.04. The molecule has 0 aliphatic heterocycles. The third-order valence-electron chi connectivity index (χ3n) is 2.45. The molecular formula is C12H10O4S2. The molecule has 0 spiro atoms. The Morgan fingerprint density at radius 3 is 2.44 bits per heavy atom. The molecular weight excluding hydrogens is 272 g/mol. The number of hydrogen-bond donors (Lipinski definition) is 2. The van der Waals surface area contributed by atoms with Crippen molar-refractivity contribution in [3.05, 3.63) is 43.8 Å². The Labute approximate surface area is 111 Å². The fraction of sp³-hybridized carbons (Fsp3) is 0.167. The molecule has 94 valence electrons. The molecule has 0 amide bonds. The van der Waals surface area contributed by atoms with E-state index in [1.165, 1.54) is 22.7 Å². The highest BCUT2D eigenvalue weighted by molar-refractivity contribution is 7.14. The first-order chi connectivity index (χ1) is 8.58. The van der Waals surface area contributed by atoms with Crippen molar-refractivity contribution in [3.8, 4) is 0 Å². The molecule has 6 heteroatoms. The first-order valence-corrected chi connectivity index (χ1v) is 6.89. The Morgan fingerprint density at radius 2 is 1.83 bits per heavy atom. The third-order valence-corrected chi connectivity index (χ3v) is 4.56. The smallest absolute Gasteiger partial charge is 0.345 e. The lowest BCUT2D eigenvalue weighted by Crippen LogP contribution is -1.99. The monoisotopic (exact) mass is 282 g/mol. The Kier molecular flexibility index (Phi) is 3.78. The maximum Gasteiger partial charge on any atom is 0.345 e. The van der Waals surface area contributed by atoms with Gasteiger partial charge in [-0.15, -0.1) is 22.7 Å². The molecule has 4 nitrogen and oxygen atoms in total. The molecule has 0 fully saturated rings. The molecule has 2 heterocycles. The van der Waals surface area contributed by atoms with E-state index in [-0.39, 0.29) is 0 Å². The lowest BCUT2D eigenvalue weighted by Gasteiger charge is -1.98. The lowest BCUT2D eigenvalue weighted by atomic mass is 10.1. The van der Waals surface area contributed by atoms with Crippen LogP contribution >= 0.6 is 22.7 Å². The third kappa shape index (κ3) is 2.77. The second-order valence-corrected chi connectivity index (χ2v) is 5.80. The number of carbonyl (C=O) groups is 2. The first-order valence-electron chi connectivity index (χ1n) is 5.19. The standard InChI is InChI=1S/C12H10O4S2/c13-11(14)8-5-6-17-9(8)3-1-7-2-4-10(18-7)12(15)16/h2,4-6H,1,3H2,(H,13,14)(H,15,16). The van der Waals surface area contributed by atoms with E-state index in [4.69, 9.17) is 10.2 Å². The maximum atomic E-state index is 10.9. The van der Waals surface area contributed by atoms with Crippen LogP contribution in [0.5, 0.6) is 0 Å². The van der Waals surface area contributed by atoms with E-state index in [1.54, 1.807) is 23.6 Å². The average Bonchev–Trinajstić information content (AvgIpc) is 2.95. The predicted octanol–water partition coefficient (Wildman–Crippen LogP) is 2.99. The van der Waals surface area contributed by atoms with Gasteiger partial charge in [0.25, 0.3) is 0 Å². The van der Waals surface area contributed by atoms with Crippen molar-refractivity contribution in [2.24, 2.45) is 0 Å². The molecule has 2 N–H and O–H groups in total. The topological polar surface area (TPSA) is 74.6 Å².